The maximum atomic E-state index is 13.8. The van der Waals surface area contributed by atoms with Gasteiger partial charge in [0.1, 0.15) is 17.4 Å². The van der Waals surface area contributed by atoms with Crippen molar-refractivity contribution >= 4 is 11.0 Å². The zero-order chi connectivity index (χ0) is 12.5. The number of nitrogens with one attached hydrogen (secondary N) is 1. The fourth-order valence-corrected chi connectivity index (χ4v) is 1.89. The van der Waals surface area contributed by atoms with Gasteiger partial charge in [-0.1, -0.05) is 12.1 Å². The first kappa shape index (κ1) is 10.8. The molecule has 0 aliphatic carbocycles. The van der Waals surface area contributed by atoms with Crippen molar-refractivity contribution < 1.29 is 9.13 Å². The number of aromatic nitrogens is 2. The Morgan fingerprint density at radius 3 is 2.78 bits per heavy atom. The second-order valence-corrected chi connectivity index (χ2v) is 3.95. The summed E-state index contributed by atoms with van der Waals surface area (Å²) in [6.45, 7) is 0. The first-order valence-electron chi connectivity index (χ1n) is 5.56. The minimum absolute atomic E-state index is 0.324. The fourth-order valence-electron chi connectivity index (χ4n) is 1.89. The number of imidazole rings is 1. The highest BCUT2D eigenvalue weighted by Gasteiger charge is 2.11. The number of rotatable bonds is 2. The third-order valence-corrected chi connectivity index (χ3v) is 2.82. The summed E-state index contributed by atoms with van der Waals surface area (Å²) < 4.78 is 18.9. The molecular formula is C14H11FN2O. The van der Waals surface area contributed by atoms with Crippen LogP contribution in [0.15, 0.2) is 42.5 Å². The molecule has 0 saturated heterocycles. The molecule has 3 rings (SSSR count). The standard InChI is InChI=1S/C14H11FN2O/c1-18-9-6-7-11(15)10(8-9)14-16-12-4-2-3-5-13(12)17-14/h2-8H,1H3,(H,16,17). The summed E-state index contributed by atoms with van der Waals surface area (Å²) in [5.74, 6) is 0.786. The lowest BCUT2D eigenvalue weighted by Gasteiger charge is -2.03. The highest BCUT2D eigenvalue weighted by Crippen LogP contribution is 2.26. The average molecular weight is 242 g/mol. The molecule has 0 amide bonds. The summed E-state index contributed by atoms with van der Waals surface area (Å²) in [6, 6.07) is 12.2. The van der Waals surface area contributed by atoms with E-state index in [1.165, 1.54) is 6.07 Å². The summed E-state index contributed by atoms with van der Waals surface area (Å²) in [5, 5.41) is 0. The molecule has 0 saturated carbocycles. The lowest BCUT2D eigenvalue weighted by molar-refractivity contribution is 0.414. The van der Waals surface area contributed by atoms with Crippen LogP contribution in [0, 0.1) is 5.82 Å². The zero-order valence-corrected chi connectivity index (χ0v) is 9.77. The third kappa shape index (κ3) is 1.72. The molecule has 18 heavy (non-hydrogen) atoms. The summed E-state index contributed by atoms with van der Waals surface area (Å²) >= 11 is 0. The third-order valence-electron chi connectivity index (χ3n) is 2.82. The summed E-state index contributed by atoms with van der Waals surface area (Å²) in [7, 11) is 1.55. The van der Waals surface area contributed by atoms with Crippen molar-refractivity contribution in [3.8, 4) is 17.1 Å². The largest absolute Gasteiger partial charge is 0.497 e. The minimum Gasteiger partial charge on any atom is -0.497 e. The molecule has 0 bridgehead atoms. The number of hydrogen-bond donors (Lipinski definition) is 1. The number of ether oxygens (including phenoxy) is 1. The molecule has 0 unspecified atom stereocenters. The van der Waals surface area contributed by atoms with E-state index in [0.717, 1.165) is 11.0 Å². The Labute approximate surface area is 103 Å². The predicted molar refractivity (Wildman–Crippen MR) is 68.0 cm³/mol. The number of benzene rings is 2. The van der Waals surface area contributed by atoms with Crippen LogP contribution < -0.4 is 4.74 Å². The van der Waals surface area contributed by atoms with Gasteiger partial charge in [-0.05, 0) is 30.3 Å². The van der Waals surface area contributed by atoms with Crippen molar-refractivity contribution in [2.24, 2.45) is 0 Å². The summed E-state index contributed by atoms with van der Waals surface area (Å²) in [5.41, 5.74) is 2.11. The van der Waals surface area contributed by atoms with Gasteiger partial charge < -0.3 is 9.72 Å². The van der Waals surface area contributed by atoms with Crippen molar-refractivity contribution in [2.45, 2.75) is 0 Å². The first-order valence-corrected chi connectivity index (χ1v) is 5.56. The Balaban J connectivity index is 2.19. The summed E-state index contributed by atoms with van der Waals surface area (Å²) in [4.78, 5) is 7.47. The van der Waals surface area contributed by atoms with Crippen LogP contribution in [-0.2, 0) is 0 Å². The highest BCUT2D eigenvalue weighted by molar-refractivity contribution is 5.79. The van der Waals surface area contributed by atoms with Crippen molar-refractivity contribution in [1.82, 2.24) is 9.97 Å². The molecule has 0 fully saturated rings. The SMILES string of the molecule is COc1ccc(F)c(-c2nc3ccccc3[nH]2)c1. The topological polar surface area (TPSA) is 37.9 Å². The molecule has 90 valence electrons. The molecule has 0 spiro atoms. The average Bonchev–Trinajstić information content (AvgIpc) is 2.82. The monoisotopic (exact) mass is 242 g/mol. The second-order valence-electron chi connectivity index (χ2n) is 3.95. The maximum absolute atomic E-state index is 13.8. The molecule has 1 aromatic heterocycles. The number of halogens is 1. The smallest absolute Gasteiger partial charge is 0.141 e. The molecule has 4 heteroatoms. The highest BCUT2D eigenvalue weighted by atomic mass is 19.1. The van der Waals surface area contributed by atoms with Crippen LogP contribution in [0.2, 0.25) is 0 Å². The van der Waals surface area contributed by atoms with Gasteiger partial charge in [-0.15, -0.1) is 0 Å². The molecule has 0 radical (unpaired) electrons. The van der Waals surface area contributed by atoms with E-state index in [0.29, 0.717) is 17.1 Å². The normalized spacial score (nSPS) is 10.8. The molecular weight excluding hydrogens is 231 g/mol. The van der Waals surface area contributed by atoms with Gasteiger partial charge in [-0.3, -0.25) is 0 Å². The number of H-pyrrole nitrogens is 1. The first-order chi connectivity index (χ1) is 8.78. The molecule has 3 nitrogen and oxygen atoms in total. The lowest BCUT2D eigenvalue weighted by Crippen LogP contribution is -1.89. The fraction of sp³-hybridized carbons (Fsp3) is 0.0714. The molecule has 1 N–H and O–H groups in total. The Morgan fingerprint density at radius 2 is 2.00 bits per heavy atom. The van der Waals surface area contributed by atoms with Gasteiger partial charge in [-0.2, -0.15) is 0 Å². The van der Waals surface area contributed by atoms with E-state index in [1.54, 1.807) is 19.2 Å². The molecule has 1 heterocycles. The van der Waals surface area contributed by atoms with Crippen LogP contribution in [-0.4, -0.2) is 17.1 Å². The van der Waals surface area contributed by atoms with Crippen molar-refractivity contribution in [3.63, 3.8) is 0 Å². The van der Waals surface area contributed by atoms with E-state index in [4.69, 9.17) is 4.74 Å². The van der Waals surface area contributed by atoms with Gasteiger partial charge in [0.05, 0.1) is 23.7 Å². The van der Waals surface area contributed by atoms with Gasteiger partial charge in [0.2, 0.25) is 0 Å². The Hall–Kier alpha value is -2.36. The van der Waals surface area contributed by atoms with E-state index < -0.39 is 0 Å². The van der Waals surface area contributed by atoms with Crippen LogP contribution in [0.4, 0.5) is 4.39 Å². The number of nitrogens with zero attached hydrogens (tertiary/aromatic N) is 1. The number of aromatic amines is 1. The van der Waals surface area contributed by atoms with Crippen LogP contribution in [0.5, 0.6) is 5.75 Å². The van der Waals surface area contributed by atoms with E-state index >= 15 is 0 Å². The van der Waals surface area contributed by atoms with Crippen molar-refractivity contribution in [2.75, 3.05) is 7.11 Å². The van der Waals surface area contributed by atoms with Gasteiger partial charge in [-0.25, -0.2) is 9.37 Å². The Bertz CT molecular complexity index is 673. The quantitative estimate of drug-likeness (QED) is 0.748. The van der Waals surface area contributed by atoms with Crippen molar-refractivity contribution in [3.05, 3.63) is 48.3 Å². The van der Waals surface area contributed by atoms with E-state index in [-0.39, 0.29) is 5.82 Å². The van der Waals surface area contributed by atoms with Gasteiger partial charge >= 0.3 is 0 Å². The van der Waals surface area contributed by atoms with Crippen LogP contribution in [0.3, 0.4) is 0 Å². The maximum Gasteiger partial charge on any atom is 0.141 e. The second kappa shape index (κ2) is 4.14. The zero-order valence-electron chi connectivity index (χ0n) is 9.77. The number of para-hydroxylation sites is 2. The van der Waals surface area contributed by atoms with E-state index in [1.807, 2.05) is 24.3 Å². The number of hydrogen-bond acceptors (Lipinski definition) is 2. The van der Waals surface area contributed by atoms with E-state index in [9.17, 15) is 4.39 Å². The van der Waals surface area contributed by atoms with Crippen LogP contribution in [0.1, 0.15) is 0 Å². The lowest BCUT2D eigenvalue weighted by atomic mass is 10.2. The number of methoxy groups -OCH3 is 1. The molecule has 0 aliphatic rings. The van der Waals surface area contributed by atoms with Gasteiger partial charge in [0.15, 0.2) is 0 Å². The van der Waals surface area contributed by atoms with Crippen LogP contribution >= 0.6 is 0 Å². The molecule has 2 aromatic carbocycles. The molecule has 0 atom stereocenters. The summed E-state index contributed by atoms with van der Waals surface area (Å²) in [6.07, 6.45) is 0. The predicted octanol–water partition coefficient (Wildman–Crippen LogP) is 3.38. The van der Waals surface area contributed by atoms with Gasteiger partial charge in [0, 0.05) is 0 Å². The van der Waals surface area contributed by atoms with Crippen LogP contribution in [0.25, 0.3) is 22.4 Å². The van der Waals surface area contributed by atoms with Crippen molar-refractivity contribution in [1.29, 1.82) is 0 Å². The molecule has 3 aromatic rings. The van der Waals surface area contributed by atoms with Gasteiger partial charge in [0.25, 0.3) is 0 Å². The van der Waals surface area contributed by atoms with E-state index in [2.05, 4.69) is 9.97 Å². The Morgan fingerprint density at radius 1 is 1.17 bits per heavy atom. The number of fused-ring (bicyclic) bond motifs is 1. The Kier molecular flexibility index (Phi) is 2.48. The molecule has 0 aliphatic heterocycles. The minimum atomic E-state index is -0.324.